The smallest absolute Gasteiger partial charge is 0.265 e. The van der Waals surface area contributed by atoms with Crippen LogP contribution in [-0.2, 0) is 9.59 Å². The van der Waals surface area contributed by atoms with Gasteiger partial charge in [0.2, 0.25) is 5.91 Å². The molecule has 2 aromatic rings. The molecule has 2 amide bonds. The summed E-state index contributed by atoms with van der Waals surface area (Å²) in [7, 11) is 0. The van der Waals surface area contributed by atoms with Crippen molar-refractivity contribution < 1.29 is 14.3 Å². The second kappa shape index (κ2) is 7.19. The van der Waals surface area contributed by atoms with Crippen LogP contribution in [0.5, 0.6) is 5.75 Å². The number of nitrogens with zero attached hydrogens (tertiary/aromatic N) is 3. The first-order valence-electron chi connectivity index (χ1n) is 9.01. The number of hydrogen-bond donors (Lipinski definition) is 1. The van der Waals surface area contributed by atoms with E-state index in [-0.39, 0.29) is 24.3 Å². The zero-order valence-electron chi connectivity index (χ0n) is 14.6. The fraction of sp³-hybridized carbons (Fsp3) is 0.421. The number of nitrogens with one attached hydrogen (secondary N) is 1. The maximum atomic E-state index is 12.7. The standard InChI is InChI=1S/C19H22N4O3/c24-17(22-10-3-4-14(12-22)19-20-8-9-21-19)7-11-23-15-5-1-2-6-16(15)26-13-18(23)25/h1-2,5-6,8-9,14H,3-4,7,10-13H2,(H,20,21). The highest BCUT2D eigenvalue weighted by molar-refractivity contribution is 5.98. The molecule has 7 nitrogen and oxygen atoms in total. The predicted molar refractivity (Wildman–Crippen MR) is 96.0 cm³/mol. The zero-order valence-corrected chi connectivity index (χ0v) is 14.6. The van der Waals surface area contributed by atoms with E-state index in [9.17, 15) is 9.59 Å². The van der Waals surface area contributed by atoms with Crippen LogP contribution in [-0.4, -0.2) is 52.9 Å². The van der Waals surface area contributed by atoms with Gasteiger partial charge in [-0.15, -0.1) is 0 Å². The first-order chi connectivity index (χ1) is 12.7. The van der Waals surface area contributed by atoms with Crippen molar-refractivity contribution in [2.45, 2.75) is 25.2 Å². The molecule has 2 aliphatic heterocycles. The highest BCUT2D eigenvalue weighted by atomic mass is 16.5. The summed E-state index contributed by atoms with van der Waals surface area (Å²) < 4.78 is 5.45. The molecule has 0 saturated carbocycles. The number of piperidine rings is 1. The predicted octanol–water partition coefficient (Wildman–Crippen LogP) is 1.93. The summed E-state index contributed by atoms with van der Waals surface area (Å²) >= 11 is 0. The van der Waals surface area contributed by atoms with Crippen molar-refractivity contribution in [3.63, 3.8) is 0 Å². The summed E-state index contributed by atoms with van der Waals surface area (Å²) in [5.74, 6) is 1.87. The van der Waals surface area contributed by atoms with E-state index in [1.807, 2.05) is 35.4 Å². The Morgan fingerprint density at radius 2 is 2.23 bits per heavy atom. The number of hydrogen-bond acceptors (Lipinski definition) is 4. The molecule has 7 heteroatoms. The molecule has 1 aromatic carbocycles. The van der Waals surface area contributed by atoms with E-state index in [0.717, 1.165) is 30.9 Å². The number of anilines is 1. The molecular weight excluding hydrogens is 332 g/mol. The van der Waals surface area contributed by atoms with Gasteiger partial charge in [0.15, 0.2) is 6.61 Å². The summed E-state index contributed by atoms with van der Waals surface area (Å²) in [4.78, 5) is 36.0. The lowest BCUT2D eigenvalue weighted by Crippen LogP contribution is -2.43. The Bertz CT molecular complexity index is 790. The Morgan fingerprint density at radius 3 is 3.08 bits per heavy atom. The van der Waals surface area contributed by atoms with Crippen LogP contribution >= 0.6 is 0 Å². The van der Waals surface area contributed by atoms with Crippen molar-refractivity contribution in [2.24, 2.45) is 0 Å². The highest BCUT2D eigenvalue weighted by Crippen LogP contribution is 2.31. The monoisotopic (exact) mass is 354 g/mol. The van der Waals surface area contributed by atoms with E-state index in [4.69, 9.17) is 4.74 Å². The molecule has 0 spiro atoms. The Kier molecular flexibility index (Phi) is 4.60. The number of benzene rings is 1. The lowest BCUT2D eigenvalue weighted by atomic mass is 9.97. The molecule has 3 heterocycles. The van der Waals surface area contributed by atoms with Crippen LogP contribution in [0.2, 0.25) is 0 Å². The van der Waals surface area contributed by atoms with Gasteiger partial charge in [-0.05, 0) is 25.0 Å². The van der Waals surface area contributed by atoms with E-state index < -0.39 is 0 Å². The number of aromatic amines is 1. The van der Waals surface area contributed by atoms with Gasteiger partial charge in [0.25, 0.3) is 5.91 Å². The van der Waals surface area contributed by atoms with Crippen LogP contribution in [0.25, 0.3) is 0 Å². The zero-order chi connectivity index (χ0) is 17.9. The summed E-state index contributed by atoms with van der Waals surface area (Å²) in [6.45, 7) is 1.85. The number of para-hydroxylation sites is 2. The second-order valence-corrected chi connectivity index (χ2v) is 6.71. The summed E-state index contributed by atoms with van der Waals surface area (Å²) in [5.41, 5.74) is 0.739. The van der Waals surface area contributed by atoms with Crippen molar-refractivity contribution in [1.29, 1.82) is 0 Å². The highest BCUT2D eigenvalue weighted by Gasteiger charge is 2.29. The van der Waals surface area contributed by atoms with Crippen LogP contribution in [0.1, 0.15) is 31.0 Å². The third kappa shape index (κ3) is 3.29. The third-order valence-electron chi connectivity index (χ3n) is 5.04. The van der Waals surface area contributed by atoms with Crippen LogP contribution in [0.4, 0.5) is 5.69 Å². The fourth-order valence-electron chi connectivity index (χ4n) is 3.69. The van der Waals surface area contributed by atoms with Crippen molar-refractivity contribution in [1.82, 2.24) is 14.9 Å². The van der Waals surface area contributed by atoms with Gasteiger partial charge in [-0.3, -0.25) is 9.59 Å². The minimum atomic E-state index is -0.108. The summed E-state index contributed by atoms with van der Waals surface area (Å²) in [5, 5.41) is 0. The van der Waals surface area contributed by atoms with E-state index in [1.54, 1.807) is 11.1 Å². The molecule has 26 heavy (non-hydrogen) atoms. The number of fused-ring (bicyclic) bond motifs is 1. The first kappa shape index (κ1) is 16.6. The number of imidazole rings is 1. The van der Waals surface area contributed by atoms with Gasteiger partial charge in [-0.1, -0.05) is 12.1 Å². The van der Waals surface area contributed by atoms with Gasteiger partial charge >= 0.3 is 0 Å². The number of H-pyrrole nitrogens is 1. The largest absolute Gasteiger partial charge is 0.482 e. The van der Waals surface area contributed by atoms with Gasteiger partial charge in [-0.25, -0.2) is 4.98 Å². The van der Waals surface area contributed by atoms with Crippen LogP contribution < -0.4 is 9.64 Å². The molecule has 1 N–H and O–H groups in total. The number of amides is 2. The van der Waals surface area contributed by atoms with Gasteiger partial charge in [0.05, 0.1) is 5.69 Å². The van der Waals surface area contributed by atoms with Crippen molar-refractivity contribution in [3.8, 4) is 5.75 Å². The third-order valence-corrected chi connectivity index (χ3v) is 5.04. The van der Waals surface area contributed by atoms with Gasteiger partial charge in [0, 0.05) is 44.4 Å². The second-order valence-electron chi connectivity index (χ2n) is 6.71. The molecular formula is C19H22N4O3. The van der Waals surface area contributed by atoms with Gasteiger partial charge < -0.3 is 19.5 Å². The minimum absolute atomic E-state index is 0.0233. The fourth-order valence-corrected chi connectivity index (χ4v) is 3.69. The number of carbonyl (C=O) groups is 2. The van der Waals surface area contributed by atoms with Crippen molar-refractivity contribution in [3.05, 3.63) is 42.5 Å². The lowest BCUT2D eigenvalue weighted by Gasteiger charge is -2.33. The Hall–Kier alpha value is -2.83. The molecule has 4 rings (SSSR count). The number of carbonyl (C=O) groups excluding carboxylic acids is 2. The molecule has 1 fully saturated rings. The molecule has 0 bridgehead atoms. The van der Waals surface area contributed by atoms with Gasteiger partial charge in [-0.2, -0.15) is 0 Å². The first-order valence-corrected chi connectivity index (χ1v) is 9.01. The molecule has 2 aliphatic rings. The lowest BCUT2D eigenvalue weighted by molar-refractivity contribution is -0.132. The molecule has 136 valence electrons. The Morgan fingerprint density at radius 1 is 1.35 bits per heavy atom. The molecule has 1 saturated heterocycles. The minimum Gasteiger partial charge on any atom is -0.482 e. The van der Waals surface area contributed by atoms with E-state index in [2.05, 4.69) is 9.97 Å². The van der Waals surface area contributed by atoms with E-state index >= 15 is 0 Å². The Balaban J connectivity index is 1.39. The SMILES string of the molecule is O=C(CCN1C(=O)COc2ccccc21)N1CCCC(c2ncc[nH]2)C1. The average Bonchev–Trinajstić information content (AvgIpc) is 3.22. The maximum absolute atomic E-state index is 12.7. The summed E-state index contributed by atoms with van der Waals surface area (Å²) in [6.07, 6.45) is 5.88. The van der Waals surface area contributed by atoms with Crippen LogP contribution in [0.3, 0.4) is 0 Å². The van der Waals surface area contributed by atoms with Crippen molar-refractivity contribution >= 4 is 17.5 Å². The molecule has 0 aliphatic carbocycles. The number of rotatable bonds is 4. The molecule has 1 atom stereocenters. The molecule has 0 radical (unpaired) electrons. The summed E-state index contributed by atoms with van der Waals surface area (Å²) in [6, 6.07) is 7.44. The van der Waals surface area contributed by atoms with Gasteiger partial charge in [0.1, 0.15) is 11.6 Å². The van der Waals surface area contributed by atoms with Crippen molar-refractivity contribution in [2.75, 3.05) is 31.1 Å². The maximum Gasteiger partial charge on any atom is 0.265 e. The normalized spacial score (nSPS) is 19.8. The van der Waals surface area contributed by atoms with E-state index in [1.165, 1.54) is 0 Å². The number of ether oxygens (including phenoxy) is 1. The quantitative estimate of drug-likeness (QED) is 0.910. The van der Waals surface area contributed by atoms with Crippen LogP contribution in [0.15, 0.2) is 36.7 Å². The van der Waals surface area contributed by atoms with Crippen LogP contribution in [0, 0.1) is 0 Å². The molecule has 1 unspecified atom stereocenters. The number of aromatic nitrogens is 2. The average molecular weight is 354 g/mol. The topological polar surface area (TPSA) is 78.5 Å². The van der Waals surface area contributed by atoms with E-state index in [0.29, 0.717) is 25.3 Å². The number of likely N-dealkylation sites (tertiary alicyclic amines) is 1. The Labute approximate surface area is 152 Å². The molecule has 1 aromatic heterocycles.